The number of hydrogen-bond donors (Lipinski definition) is 3. The van der Waals surface area contributed by atoms with E-state index in [1.165, 1.54) is 48.5 Å². The molecule has 1 aliphatic rings. The van der Waals surface area contributed by atoms with Gasteiger partial charge in [-0.15, -0.1) is 0 Å². The number of aromatic hydroxyl groups is 2. The maximum atomic E-state index is 12.9. The number of fused-ring (bicyclic) bond motifs is 1. The summed E-state index contributed by atoms with van der Waals surface area (Å²) in [7, 11) is -4.47. The normalized spacial score (nSPS) is 13.3. The molecule has 0 unspecified atom stereocenters. The Hall–Kier alpha value is -4.24. The van der Waals surface area contributed by atoms with E-state index in [1.807, 2.05) is 0 Å². The molecule has 4 rings (SSSR count). The van der Waals surface area contributed by atoms with Gasteiger partial charge in [-0.3, -0.25) is 15.0 Å². The number of ketones is 2. The summed E-state index contributed by atoms with van der Waals surface area (Å²) in [5.74, 6) is -1.92. The van der Waals surface area contributed by atoms with Crippen molar-refractivity contribution in [3.63, 3.8) is 0 Å². The summed E-state index contributed by atoms with van der Waals surface area (Å²) in [4.78, 5) is 24.3. The zero-order valence-corrected chi connectivity index (χ0v) is 17.1. The van der Waals surface area contributed by atoms with Gasteiger partial charge >= 0.3 is 10.1 Å². The minimum Gasteiger partial charge on any atom is -0.508 e. The minimum absolute atomic E-state index is 0.0203. The van der Waals surface area contributed by atoms with E-state index in [1.54, 1.807) is 12.1 Å². The van der Waals surface area contributed by atoms with Gasteiger partial charge in [0.25, 0.3) is 0 Å². The summed E-state index contributed by atoms with van der Waals surface area (Å²) < 4.78 is 30.9. The first-order valence-electron chi connectivity index (χ1n) is 9.23. The molecule has 0 heterocycles. The first-order valence-corrected chi connectivity index (χ1v) is 10.6. The second-order valence-corrected chi connectivity index (χ2v) is 8.40. The summed E-state index contributed by atoms with van der Waals surface area (Å²) >= 11 is 0. The van der Waals surface area contributed by atoms with Crippen LogP contribution in [0, 0.1) is 5.41 Å². The maximum Gasteiger partial charge on any atom is 0.339 e. The Bertz CT molecular complexity index is 1420. The molecule has 3 aromatic rings. The zero-order valence-electron chi connectivity index (χ0n) is 16.3. The van der Waals surface area contributed by atoms with Crippen molar-refractivity contribution in [2.75, 3.05) is 0 Å². The second-order valence-electron chi connectivity index (χ2n) is 6.89. The number of carbonyl (C=O) groups is 2. The van der Waals surface area contributed by atoms with Gasteiger partial charge in [-0.25, -0.2) is 0 Å². The molecule has 0 bridgehead atoms. The fourth-order valence-corrected chi connectivity index (χ4v) is 4.37. The van der Waals surface area contributed by atoms with Gasteiger partial charge in [0.15, 0.2) is 5.78 Å². The zero-order chi connectivity index (χ0) is 23.0. The Balaban J connectivity index is 1.64. The van der Waals surface area contributed by atoms with Crippen LogP contribution in [-0.4, -0.2) is 35.9 Å². The second kappa shape index (κ2) is 7.78. The van der Waals surface area contributed by atoms with Crippen molar-refractivity contribution < 1.29 is 32.4 Å². The van der Waals surface area contributed by atoms with Crippen LogP contribution in [0.4, 0.5) is 0 Å². The van der Waals surface area contributed by atoms with Crippen LogP contribution in [0.3, 0.4) is 0 Å². The molecule has 0 saturated heterocycles. The van der Waals surface area contributed by atoms with E-state index >= 15 is 0 Å². The fraction of sp³-hybridized carbons (Fsp3) is 0. The third-order valence-corrected chi connectivity index (χ3v) is 6.06. The molecule has 0 radical (unpaired) electrons. The van der Waals surface area contributed by atoms with Gasteiger partial charge in [0.05, 0.1) is 5.56 Å². The number of benzene rings is 3. The maximum absolute atomic E-state index is 12.9. The molecule has 0 saturated carbocycles. The molecule has 0 atom stereocenters. The van der Waals surface area contributed by atoms with Crippen molar-refractivity contribution in [2.45, 2.75) is 0 Å². The first kappa shape index (κ1) is 21.0. The topological polar surface area (TPSA) is 142 Å². The molecule has 9 heteroatoms. The summed E-state index contributed by atoms with van der Waals surface area (Å²) in [6, 6.07) is 14.8. The number of carbonyl (C=O) groups excluding carboxylic acids is 2. The summed E-state index contributed by atoms with van der Waals surface area (Å²) in [5, 5.41) is 27.4. The minimum atomic E-state index is -4.47. The van der Waals surface area contributed by atoms with Gasteiger partial charge < -0.3 is 14.4 Å². The van der Waals surface area contributed by atoms with Crippen molar-refractivity contribution >= 4 is 32.3 Å². The first-order chi connectivity index (χ1) is 15.2. The van der Waals surface area contributed by atoms with E-state index in [-0.39, 0.29) is 38.7 Å². The van der Waals surface area contributed by atoms with E-state index in [0.717, 1.165) is 12.1 Å². The Kier molecular flexibility index (Phi) is 5.11. The van der Waals surface area contributed by atoms with Crippen LogP contribution in [0.15, 0.2) is 72.8 Å². The van der Waals surface area contributed by atoms with Crippen molar-refractivity contribution in [3.8, 4) is 17.2 Å². The van der Waals surface area contributed by atoms with Crippen LogP contribution in [0.1, 0.15) is 31.8 Å². The predicted molar refractivity (Wildman–Crippen MR) is 116 cm³/mol. The number of Topliss-reactive ketones (excluding diaryl/α,β-unsaturated/α-hetero) is 1. The van der Waals surface area contributed by atoms with Crippen LogP contribution in [0.5, 0.6) is 17.2 Å². The highest BCUT2D eigenvalue weighted by Crippen LogP contribution is 2.33. The van der Waals surface area contributed by atoms with Gasteiger partial charge in [-0.2, -0.15) is 8.42 Å². The van der Waals surface area contributed by atoms with Gasteiger partial charge in [0, 0.05) is 22.8 Å². The monoisotopic (exact) mass is 449 g/mol. The Morgan fingerprint density at radius 2 is 1.56 bits per heavy atom. The van der Waals surface area contributed by atoms with Gasteiger partial charge in [0.1, 0.15) is 27.9 Å². The molecule has 1 aliphatic carbocycles. The van der Waals surface area contributed by atoms with Crippen LogP contribution in [0.2, 0.25) is 0 Å². The van der Waals surface area contributed by atoms with E-state index in [4.69, 9.17) is 9.59 Å². The fourth-order valence-electron chi connectivity index (χ4n) is 3.22. The number of allylic oxidation sites excluding steroid dienone is 1. The molecule has 160 valence electrons. The Morgan fingerprint density at radius 1 is 0.906 bits per heavy atom. The smallest absolute Gasteiger partial charge is 0.339 e. The highest BCUT2D eigenvalue weighted by atomic mass is 32.2. The average molecular weight is 449 g/mol. The molecular weight excluding hydrogens is 434 g/mol. The van der Waals surface area contributed by atoms with E-state index < -0.39 is 33.1 Å². The number of rotatable bonds is 5. The number of phenolic OH excluding ortho intramolecular Hbond substituents is 2. The molecule has 8 nitrogen and oxygen atoms in total. The third kappa shape index (κ3) is 3.77. The summed E-state index contributed by atoms with van der Waals surface area (Å²) in [5.41, 5.74) is -0.193. The van der Waals surface area contributed by atoms with E-state index in [0.29, 0.717) is 0 Å². The summed E-state index contributed by atoms with van der Waals surface area (Å²) in [6.07, 6.45) is 0.919. The lowest BCUT2D eigenvalue weighted by Crippen LogP contribution is -2.23. The third-order valence-electron chi connectivity index (χ3n) is 4.78. The van der Waals surface area contributed by atoms with Crippen LogP contribution >= 0.6 is 0 Å². The lowest BCUT2D eigenvalue weighted by molar-refractivity contribution is 0.103. The van der Waals surface area contributed by atoms with Crippen LogP contribution in [0.25, 0.3) is 4.91 Å². The van der Waals surface area contributed by atoms with Crippen molar-refractivity contribution in [1.29, 1.82) is 5.41 Å². The molecular formula is C23H15NO7S. The highest BCUT2D eigenvalue weighted by molar-refractivity contribution is 7.96. The van der Waals surface area contributed by atoms with Crippen molar-refractivity contribution in [2.24, 2.45) is 0 Å². The quantitative estimate of drug-likeness (QED) is 0.401. The average Bonchev–Trinajstić information content (AvgIpc) is 2.76. The van der Waals surface area contributed by atoms with Gasteiger partial charge in [-0.1, -0.05) is 24.3 Å². The number of phenols is 2. The highest BCUT2D eigenvalue weighted by Gasteiger charge is 2.32. The molecule has 0 spiro atoms. The van der Waals surface area contributed by atoms with E-state index in [2.05, 4.69) is 0 Å². The lowest BCUT2D eigenvalue weighted by atomic mass is 9.95. The molecule has 0 amide bonds. The number of hydrogen-bond acceptors (Lipinski definition) is 8. The van der Waals surface area contributed by atoms with Crippen LogP contribution in [-0.2, 0) is 10.1 Å². The van der Waals surface area contributed by atoms with E-state index in [9.17, 15) is 28.2 Å². The van der Waals surface area contributed by atoms with Crippen molar-refractivity contribution in [1.82, 2.24) is 0 Å². The van der Waals surface area contributed by atoms with Gasteiger partial charge in [0.2, 0.25) is 5.78 Å². The van der Waals surface area contributed by atoms with Crippen molar-refractivity contribution in [3.05, 3.63) is 95.1 Å². The van der Waals surface area contributed by atoms with Crippen LogP contribution < -0.4 is 4.18 Å². The standard InChI is InChI=1S/C23H15NO7S/c24-19-12-21(16-3-1-2-4-17(16)23(19)28)32(29,30)31-15-9-10-18(20(26)11-15)22(27)13-5-7-14(25)8-6-13/h1-12,24-26H. The molecule has 32 heavy (non-hydrogen) atoms. The molecule has 0 aromatic heterocycles. The summed E-state index contributed by atoms with van der Waals surface area (Å²) in [6.45, 7) is 0. The van der Waals surface area contributed by atoms with Gasteiger partial charge in [-0.05, 0) is 42.5 Å². The lowest BCUT2D eigenvalue weighted by Gasteiger charge is -2.17. The largest absolute Gasteiger partial charge is 0.508 e. The Morgan fingerprint density at radius 3 is 2.22 bits per heavy atom. The number of nitrogens with one attached hydrogen (secondary N) is 1. The molecule has 3 N–H and O–H groups in total. The Labute approximate surface area is 182 Å². The molecule has 0 aliphatic heterocycles. The SMILES string of the molecule is N=C1C=C(S(=O)(=O)Oc2ccc(C(=O)c3ccc(O)cc3)c(O)c2)c2ccccc2C1=O. The molecule has 3 aromatic carbocycles. The molecule has 0 fully saturated rings. The predicted octanol–water partition coefficient (Wildman–Crippen LogP) is 3.29.